The molecule has 1 aromatic rings. The van der Waals surface area contributed by atoms with Gasteiger partial charge in [-0.1, -0.05) is 0 Å². The van der Waals surface area contributed by atoms with E-state index in [2.05, 4.69) is 22.6 Å². The van der Waals surface area contributed by atoms with Crippen molar-refractivity contribution in [3.8, 4) is 11.5 Å². The van der Waals surface area contributed by atoms with Gasteiger partial charge in [0.05, 0.1) is 6.61 Å². The quantitative estimate of drug-likeness (QED) is 0.513. The van der Waals surface area contributed by atoms with Crippen LogP contribution >= 0.6 is 12.6 Å². The van der Waals surface area contributed by atoms with Crippen molar-refractivity contribution in [2.45, 2.75) is 23.8 Å². The van der Waals surface area contributed by atoms with Gasteiger partial charge in [-0.3, -0.25) is 0 Å². The van der Waals surface area contributed by atoms with Crippen LogP contribution in [0.4, 0.5) is 4.53 Å². The van der Waals surface area contributed by atoms with Crippen molar-refractivity contribution < 1.29 is 24.0 Å². The molecule has 1 heterocycles. The molecule has 17 heavy (non-hydrogen) atoms. The number of benzene rings is 1. The maximum absolute atomic E-state index is 11.7. The van der Waals surface area contributed by atoms with Gasteiger partial charge in [-0.15, -0.1) is 12.6 Å². The lowest BCUT2D eigenvalue weighted by Gasteiger charge is -2.23. The first-order valence-corrected chi connectivity index (χ1v) is 5.77. The Labute approximate surface area is 104 Å². The third-order valence-corrected chi connectivity index (χ3v) is 2.74. The Morgan fingerprint density at radius 2 is 2.24 bits per heavy atom. The maximum Gasteiger partial charge on any atom is 0.211 e. The molecule has 2 rings (SSSR count). The Bertz CT molecular complexity index is 368. The van der Waals surface area contributed by atoms with Gasteiger partial charge in [0.25, 0.3) is 0 Å². The summed E-state index contributed by atoms with van der Waals surface area (Å²) in [6.07, 6.45) is 1.81. The molecule has 1 aromatic carbocycles. The highest BCUT2D eigenvalue weighted by Gasteiger charge is 2.18. The van der Waals surface area contributed by atoms with E-state index in [1.165, 1.54) is 6.07 Å². The van der Waals surface area contributed by atoms with E-state index in [-0.39, 0.29) is 11.9 Å². The van der Waals surface area contributed by atoms with Crippen LogP contribution in [0.25, 0.3) is 0 Å². The number of thiol groups is 1. The van der Waals surface area contributed by atoms with Gasteiger partial charge in [-0.2, -0.15) is 0 Å². The lowest BCUT2D eigenvalue weighted by molar-refractivity contribution is -0.368. The number of hydrogen-bond donors (Lipinski definition) is 1. The molecule has 0 aliphatic carbocycles. The summed E-state index contributed by atoms with van der Waals surface area (Å²) in [4.78, 5) is 5.01. The molecule has 0 bridgehead atoms. The summed E-state index contributed by atoms with van der Waals surface area (Å²) < 4.78 is 22.7. The van der Waals surface area contributed by atoms with Gasteiger partial charge in [0.15, 0.2) is 5.75 Å². The predicted octanol–water partition coefficient (Wildman–Crippen LogP) is 2.73. The normalized spacial score (nSPS) is 20.0. The van der Waals surface area contributed by atoms with Gasteiger partial charge in [-0.05, 0) is 29.5 Å². The van der Waals surface area contributed by atoms with Crippen LogP contribution in [-0.4, -0.2) is 19.3 Å². The molecule has 0 amide bonds. The van der Waals surface area contributed by atoms with Crippen LogP contribution in [0.2, 0.25) is 0 Å². The van der Waals surface area contributed by atoms with E-state index < -0.39 is 0 Å². The third kappa shape index (κ3) is 3.49. The van der Waals surface area contributed by atoms with Crippen molar-refractivity contribution in [3.05, 3.63) is 18.2 Å². The zero-order valence-electron chi connectivity index (χ0n) is 9.10. The summed E-state index contributed by atoms with van der Waals surface area (Å²) in [6, 6.07) is 4.90. The molecule has 0 aromatic heterocycles. The van der Waals surface area contributed by atoms with E-state index in [9.17, 15) is 4.53 Å². The molecule has 1 aliphatic heterocycles. The highest BCUT2D eigenvalue weighted by molar-refractivity contribution is 7.80. The second kappa shape index (κ2) is 6.09. The maximum atomic E-state index is 11.7. The monoisotopic (exact) mass is 260 g/mol. The molecule has 94 valence electrons. The molecule has 1 saturated heterocycles. The molecule has 1 fully saturated rings. The van der Waals surface area contributed by atoms with E-state index in [1.807, 2.05) is 0 Å². The molecule has 1 atom stereocenters. The minimum Gasteiger partial charge on any atom is -0.484 e. The van der Waals surface area contributed by atoms with E-state index >= 15 is 0 Å². The average Bonchev–Trinajstić information content (AvgIpc) is 2.34. The first-order valence-electron chi connectivity index (χ1n) is 5.32. The van der Waals surface area contributed by atoms with Gasteiger partial charge in [0, 0.05) is 22.7 Å². The van der Waals surface area contributed by atoms with E-state index in [0.717, 1.165) is 19.4 Å². The largest absolute Gasteiger partial charge is 0.484 e. The van der Waals surface area contributed by atoms with Crippen molar-refractivity contribution in [1.82, 2.24) is 0 Å². The minimum absolute atomic E-state index is 0.0449. The van der Waals surface area contributed by atoms with Gasteiger partial charge in [0.1, 0.15) is 6.10 Å². The van der Waals surface area contributed by atoms with E-state index in [1.54, 1.807) is 12.1 Å². The summed E-state index contributed by atoms with van der Waals surface area (Å²) in [5, 5.41) is 3.17. The lowest BCUT2D eigenvalue weighted by atomic mass is 10.2. The van der Waals surface area contributed by atoms with Crippen LogP contribution in [0.15, 0.2) is 23.1 Å². The average molecular weight is 260 g/mol. The second-order valence-electron chi connectivity index (χ2n) is 3.73. The highest BCUT2D eigenvalue weighted by atomic mass is 32.1. The van der Waals surface area contributed by atoms with Crippen LogP contribution < -0.4 is 9.62 Å². The van der Waals surface area contributed by atoms with E-state index in [4.69, 9.17) is 9.47 Å². The van der Waals surface area contributed by atoms with E-state index in [0.29, 0.717) is 17.3 Å². The predicted molar refractivity (Wildman–Crippen MR) is 61.0 cm³/mol. The summed E-state index contributed by atoms with van der Waals surface area (Å²) in [6.45, 7) is 1.28. The molecule has 4 nitrogen and oxygen atoms in total. The van der Waals surface area contributed by atoms with Crippen LogP contribution in [0.1, 0.15) is 12.8 Å². The third-order valence-electron chi connectivity index (χ3n) is 2.46. The lowest BCUT2D eigenvalue weighted by Crippen LogP contribution is -2.28. The topological polar surface area (TPSA) is 36.9 Å². The van der Waals surface area contributed by atoms with Crippen molar-refractivity contribution in [2.24, 2.45) is 0 Å². The minimum atomic E-state index is -0.0449. The van der Waals surface area contributed by atoms with Crippen molar-refractivity contribution in [3.63, 3.8) is 0 Å². The van der Waals surface area contributed by atoms with Gasteiger partial charge in [-0.25, -0.2) is 0 Å². The smallest absolute Gasteiger partial charge is 0.211 e. The number of hydrogen-bond acceptors (Lipinski definition) is 5. The molecule has 0 saturated carbocycles. The zero-order valence-corrected chi connectivity index (χ0v) is 9.99. The van der Waals surface area contributed by atoms with Crippen LogP contribution in [-0.2, 0) is 9.83 Å². The van der Waals surface area contributed by atoms with Gasteiger partial charge in [0.2, 0.25) is 5.75 Å². The molecular weight excluding hydrogens is 247 g/mol. The summed E-state index contributed by atoms with van der Waals surface area (Å²) in [5.41, 5.74) is 0. The Hall–Kier alpha value is -0.980. The summed E-state index contributed by atoms with van der Waals surface area (Å²) >= 11 is 4.12. The molecule has 1 unspecified atom stereocenters. The summed E-state index contributed by atoms with van der Waals surface area (Å²) in [7, 11) is 0. The Morgan fingerprint density at radius 3 is 2.94 bits per heavy atom. The van der Waals surface area contributed by atoms with Crippen molar-refractivity contribution in [1.29, 1.82) is 0 Å². The molecule has 0 spiro atoms. The molecule has 1 aliphatic rings. The number of rotatable bonds is 4. The second-order valence-corrected chi connectivity index (χ2v) is 4.25. The number of halogens is 1. The van der Waals surface area contributed by atoms with Crippen LogP contribution in [0.3, 0.4) is 0 Å². The van der Waals surface area contributed by atoms with Crippen molar-refractivity contribution in [2.75, 3.05) is 13.2 Å². The van der Waals surface area contributed by atoms with Gasteiger partial charge < -0.3 is 14.4 Å². The molecule has 0 N–H and O–H groups in total. The summed E-state index contributed by atoms with van der Waals surface area (Å²) in [5.74, 6) is 0.571. The zero-order chi connectivity index (χ0) is 12.1. The Balaban J connectivity index is 2.07. The SMILES string of the molecule is FOOc1cc(S)ccc1OC1CCCOC1. The Kier molecular flexibility index (Phi) is 4.47. The van der Waals surface area contributed by atoms with Gasteiger partial charge >= 0.3 is 0 Å². The molecule has 6 heteroatoms. The standard InChI is InChI=1S/C11H13FO4S/c12-16-15-11-6-9(17)3-4-10(11)14-8-2-1-5-13-7-8/h3-4,6,8,17H,1-2,5,7H2. The first kappa shape index (κ1) is 12.5. The molecular formula is C11H13FO4S. The highest BCUT2D eigenvalue weighted by Crippen LogP contribution is 2.31. The fraction of sp³-hybridized carbons (Fsp3) is 0.455. The van der Waals surface area contributed by atoms with Crippen LogP contribution in [0.5, 0.6) is 11.5 Å². The fourth-order valence-electron chi connectivity index (χ4n) is 1.68. The molecule has 0 radical (unpaired) electrons. The first-order chi connectivity index (χ1) is 8.29. The van der Waals surface area contributed by atoms with Crippen LogP contribution in [0, 0.1) is 0 Å². The Morgan fingerprint density at radius 1 is 1.35 bits per heavy atom. The van der Waals surface area contributed by atoms with Crippen molar-refractivity contribution >= 4 is 12.6 Å². The number of ether oxygens (including phenoxy) is 2. The fourth-order valence-corrected chi connectivity index (χ4v) is 1.87.